The summed E-state index contributed by atoms with van der Waals surface area (Å²) in [6.07, 6.45) is 1.26. The van der Waals surface area contributed by atoms with Gasteiger partial charge in [0.15, 0.2) is 0 Å². The van der Waals surface area contributed by atoms with E-state index in [0.717, 1.165) is 0 Å². The van der Waals surface area contributed by atoms with Crippen molar-refractivity contribution < 1.29 is 9.72 Å². The Morgan fingerprint density at radius 2 is 1.96 bits per heavy atom. The predicted octanol–water partition coefficient (Wildman–Crippen LogP) is 3.59. The summed E-state index contributed by atoms with van der Waals surface area (Å²) in [5, 5.41) is 15.5. The average molecular weight is 352 g/mol. The van der Waals surface area contributed by atoms with E-state index in [4.69, 9.17) is 23.2 Å². The Labute approximate surface area is 141 Å². The SMILES string of the molecule is O=C(Cc1ccccc1[N+](=O)[O-])N/N=C/c1ccc(Cl)c(Cl)c1. The number of nitrogens with one attached hydrogen (secondary N) is 1. The summed E-state index contributed by atoms with van der Waals surface area (Å²) in [6, 6.07) is 11.0. The first-order valence-electron chi connectivity index (χ1n) is 6.46. The van der Waals surface area contributed by atoms with Gasteiger partial charge in [-0.1, -0.05) is 47.5 Å². The molecule has 2 aromatic rings. The highest BCUT2D eigenvalue weighted by Gasteiger charge is 2.14. The molecule has 0 aliphatic carbocycles. The first-order valence-corrected chi connectivity index (χ1v) is 7.22. The van der Waals surface area contributed by atoms with Crippen LogP contribution in [-0.4, -0.2) is 17.0 Å². The topological polar surface area (TPSA) is 84.6 Å². The van der Waals surface area contributed by atoms with Crippen molar-refractivity contribution in [2.75, 3.05) is 0 Å². The fraction of sp³-hybridized carbons (Fsp3) is 0.0667. The molecule has 8 heteroatoms. The Balaban J connectivity index is 1.99. The first-order chi connectivity index (χ1) is 11.0. The van der Waals surface area contributed by atoms with Gasteiger partial charge in [-0.05, 0) is 17.7 Å². The molecule has 0 radical (unpaired) electrons. The van der Waals surface area contributed by atoms with Gasteiger partial charge < -0.3 is 0 Å². The van der Waals surface area contributed by atoms with Crippen molar-refractivity contribution in [3.63, 3.8) is 0 Å². The van der Waals surface area contributed by atoms with Gasteiger partial charge in [-0.3, -0.25) is 14.9 Å². The number of para-hydroxylation sites is 1. The molecule has 118 valence electrons. The van der Waals surface area contributed by atoms with Crippen molar-refractivity contribution in [2.24, 2.45) is 5.10 Å². The van der Waals surface area contributed by atoms with E-state index < -0.39 is 10.8 Å². The lowest BCUT2D eigenvalue weighted by atomic mass is 10.1. The van der Waals surface area contributed by atoms with Gasteiger partial charge in [-0.15, -0.1) is 0 Å². The molecule has 2 rings (SSSR count). The zero-order valence-corrected chi connectivity index (χ0v) is 13.2. The number of carbonyl (C=O) groups is 1. The van der Waals surface area contributed by atoms with Gasteiger partial charge in [-0.25, -0.2) is 5.43 Å². The minimum atomic E-state index is -0.526. The molecular weight excluding hydrogens is 341 g/mol. The third-order valence-electron chi connectivity index (χ3n) is 2.89. The number of hydrazone groups is 1. The van der Waals surface area contributed by atoms with Crippen LogP contribution in [0.15, 0.2) is 47.6 Å². The lowest BCUT2D eigenvalue weighted by Crippen LogP contribution is -2.20. The van der Waals surface area contributed by atoms with Crippen LogP contribution in [-0.2, 0) is 11.2 Å². The molecule has 0 unspecified atom stereocenters. The molecule has 0 saturated carbocycles. The number of rotatable bonds is 5. The number of halogens is 2. The molecule has 0 aliphatic heterocycles. The fourth-order valence-corrected chi connectivity index (χ4v) is 2.13. The second-order valence-electron chi connectivity index (χ2n) is 4.53. The Kier molecular flexibility index (Phi) is 5.67. The number of nitro groups is 1. The largest absolute Gasteiger partial charge is 0.273 e. The van der Waals surface area contributed by atoms with E-state index in [-0.39, 0.29) is 12.1 Å². The number of nitrogens with zero attached hydrogens (tertiary/aromatic N) is 2. The number of nitro benzene ring substituents is 1. The molecule has 0 fully saturated rings. The van der Waals surface area contributed by atoms with E-state index in [1.54, 1.807) is 30.3 Å². The summed E-state index contributed by atoms with van der Waals surface area (Å²) < 4.78 is 0. The van der Waals surface area contributed by atoms with Crippen LogP contribution in [0.25, 0.3) is 0 Å². The Hall–Kier alpha value is -2.44. The lowest BCUT2D eigenvalue weighted by molar-refractivity contribution is -0.385. The summed E-state index contributed by atoms with van der Waals surface area (Å²) in [7, 11) is 0. The molecule has 0 spiro atoms. The van der Waals surface area contributed by atoms with Crippen LogP contribution >= 0.6 is 23.2 Å². The molecular formula is C15H11Cl2N3O3. The number of carbonyl (C=O) groups excluding carboxylic acids is 1. The van der Waals surface area contributed by atoms with E-state index in [2.05, 4.69) is 10.5 Å². The molecule has 1 N–H and O–H groups in total. The number of benzene rings is 2. The minimum absolute atomic E-state index is 0.101. The zero-order chi connectivity index (χ0) is 16.8. The van der Waals surface area contributed by atoms with Gasteiger partial charge in [0.1, 0.15) is 0 Å². The summed E-state index contributed by atoms with van der Waals surface area (Å²) in [5.74, 6) is -0.462. The van der Waals surface area contributed by atoms with Crippen LogP contribution in [0.3, 0.4) is 0 Å². The van der Waals surface area contributed by atoms with Crippen molar-refractivity contribution in [1.29, 1.82) is 0 Å². The van der Waals surface area contributed by atoms with E-state index in [0.29, 0.717) is 21.2 Å². The maximum atomic E-state index is 11.8. The second kappa shape index (κ2) is 7.71. The molecule has 2 aromatic carbocycles. The standard InChI is InChI=1S/C15H11Cl2N3O3/c16-12-6-5-10(7-13(12)17)9-18-19-15(21)8-11-3-1-2-4-14(11)20(22)23/h1-7,9H,8H2,(H,19,21)/b18-9+. The normalized spacial score (nSPS) is 10.7. The maximum absolute atomic E-state index is 11.8. The Morgan fingerprint density at radius 3 is 2.65 bits per heavy atom. The number of hydrogen-bond acceptors (Lipinski definition) is 4. The second-order valence-corrected chi connectivity index (χ2v) is 5.34. The van der Waals surface area contributed by atoms with Gasteiger partial charge in [-0.2, -0.15) is 5.10 Å². The summed E-state index contributed by atoms with van der Waals surface area (Å²) in [5.41, 5.74) is 3.19. The molecule has 0 aliphatic rings. The molecule has 0 atom stereocenters. The highest BCUT2D eigenvalue weighted by atomic mass is 35.5. The Morgan fingerprint density at radius 1 is 1.22 bits per heavy atom. The van der Waals surface area contributed by atoms with E-state index in [1.807, 2.05) is 0 Å². The van der Waals surface area contributed by atoms with E-state index in [9.17, 15) is 14.9 Å². The molecule has 6 nitrogen and oxygen atoms in total. The minimum Gasteiger partial charge on any atom is -0.273 e. The first kappa shape index (κ1) is 16.9. The number of amides is 1. The zero-order valence-electron chi connectivity index (χ0n) is 11.7. The van der Waals surface area contributed by atoms with Crippen LogP contribution in [0.4, 0.5) is 5.69 Å². The van der Waals surface area contributed by atoms with Crippen molar-refractivity contribution >= 4 is 41.0 Å². The van der Waals surface area contributed by atoms with Gasteiger partial charge >= 0.3 is 0 Å². The van der Waals surface area contributed by atoms with E-state index in [1.165, 1.54) is 18.3 Å². The van der Waals surface area contributed by atoms with E-state index >= 15 is 0 Å². The van der Waals surface area contributed by atoms with Crippen LogP contribution < -0.4 is 5.43 Å². The highest BCUT2D eigenvalue weighted by Crippen LogP contribution is 2.21. The molecule has 0 bridgehead atoms. The van der Waals surface area contributed by atoms with Gasteiger partial charge in [0.2, 0.25) is 5.91 Å². The van der Waals surface area contributed by atoms with Crippen LogP contribution in [0.5, 0.6) is 0 Å². The van der Waals surface area contributed by atoms with Gasteiger partial charge in [0, 0.05) is 11.6 Å². The van der Waals surface area contributed by atoms with Crippen LogP contribution in [0.2, 0.25) is 10.0 Å². The highest BCUT2D eigenvalue weighted by molar-refractivity contribution is 6.42. The molecule has 0 aromatic heterocycles. The summed E-state index contributed by atoms with van der Waals surface area (Å²) in [4.78, 5) is 22.2. The van der Waals surface area contributed by atoms with Crippen molar-refractivity contribution in [2.45, 2.75) is 6.42 Å². The summed E-state index contributed by atoms with van der Waals surface area (Å²) >= 11 is 11.7. The summed E-state index contributed by atoms with van der Waals surface area (Å²) in [6.45, 7) is 0. The number of hydrogen-bond donors (Lipinski definition) is 1. The third kappa shape index (κ3) is 4.77. The molecule has 1 amide bonds. The molecule has 0 saturated heterocycles. The smallest absolute Gasteiger partial charge is 0.273 e. The van der Waals surface area contributed by atoms with Crippen LogP contribution in [0, 0.1) is 10.1 Å². The molecule has 0 heterocycles. The van der Waals surface area contributed by atoms with Crippen molar-refractivity contribution in [1.82, 2.24) is 5.43 Å². The van der Waals surface area contributed by atoms with Crippen molar-refractivity contribution in [3.05, 3.63) is 73.8 Å². The van der Waals surface area contributed by atoms with Crippen LogP contribution in [0.1, 0.15) is 11.1 Å². The fourth-order valence-electron chi connectivity index (χ4n) is 1.82. The Bertz CT molecular complexity index is 778. The van der Waals surface area contributed by atoms with Gasteiger partial charge in [0.25, 0.3) is 5.69 Å². The maximum Gasteiger partial charge on any atom is 0.273 e. The van der Waals surface area contributed by atoms with Gasteiger partial charge in [0.05, 0.1) is 27.6 Å². The quantitative estimate of drug-likeness (QED) is 0.507. The monoisotopic (exact) mass is 351 g/mol. The third-order valence-corrected chi connectivity index (χ3v) is 3.62. The lowest BCUT2D eigenvalue weighted by Gasteiger charge is -2.02. The molecule has 23 heavy (non-hydrogen) atoms. The van der Waals surface area contributed by atoms with Crippen molar-refractivity contribution in [3.8, 4) is 0 Å². The predicted molar refractivity (Wildman–Crippen MR) is 89.0 cm³/mol. The average Bonchev–Trinajstić information content (AvgIpc) is 2.51.